The molecule has 0 heterocycles. The third-order valence-electron chi connectivity index (χ3n) is 7.41. The first-order chi connectivity index (χ1) is 22.3. The Hall–Kier alpha value is -4.45. The lowest BCUT2D eigenvalue weighted by Crippen LogP contribution is -2.56. The van der Waals surface area contributed by atoms with Crippen molar-refractivity contribution < 1.29 is 29.0 Å². The minimum Gasteiger partial charge on any atom is -0.443 e. The van der Waals surface area contributed by atoms with Crippen LogP contribution in [0, 0.1) is 0 Å². The molecule has 3 aromatic rings. The number of allylic oxidation sites excluding steroid dienone is 1. The minimum atomic E-state index is -1.56. The summed E-state index contributed by atoms with van der Waals surface area (Å²) in [7, 11) is 0. The summed E-state index contributed by atoms with van der Waals surface area (Å²) in [6.07, 6.45) is 5.73. The number of nitrogens with one attached hydrogen (secondary N) is 2. The predicted octanol–water partition coefficient (Wildman–Crippen LogP) is 5.39. The predicted molar refractivity (Wildman–Crippen MR) is 186 cm³/mol. The van der Waals surface area contributed by atoms with Gasteiger partial charge in [-0.2, -0.15) is 11.8 Å². The molecule has 47 heavy (non-hydrogen) atoms. The maximum Gasteiger partial charge on any atom is 0.418 e. The molecular formula is C36H42N4O6S. The van der Waals surface area contributed by atoms with Crippen molar-refractivity contribution in [1.29, 1.82) is 0 Å². The number of fused-ring (bicyclic) bond motifs is 1. The summed E-state index contributed by atoms with van der Waals surface area (Å²) in [5.74, 6) is -1.34. The first-order valence-corrected chi connectivity index (χ1v) is 16.8. The van der Waals surface area contributed by atoms with Crippen molar-refractivity contribution in [3.63, 3.8) is 0 Å². The summed E-state index contributed by atoms with van der Waals surface area (Å²) in [6.45, 7) is 4.99. The lowest BCUT2D eigenvalue weighted by Gasteiger charge is -2.33. The number of aliphatic hydroxyl groups is 1. The van der Waals surface area contributed by atoms with Gasteiger partial charge in [-0.1, -0.05) is 60.7 Å². The van der Waals surface area contributed by atoms with Crippen LogP contribution in [0.2, 0.25) is 0 Å². The van der Waals surface area contributed by atoms with Crippen LogP contribution in [0.4, 0.5) is 10.5 Å². The van der Waals surface area contributed by atoms with Gasteiger partial charge < -0.3 is 26.2 Å². The van der Waals surface area contributed by atoms with Gasteiger partial charge in [-0.3, -0.25) is 14.4 Å². The molecule has 0 fully saturated rings. The molecule has 0 spiro atoms. The van der Waals surface area contributed by atoms with Crippen LogP contribution in [0.25, 0.3) is 10.8 Å². The van der Waals surface area contributed by atoms with E-state index in [4.69, 9.17) is 10.5 Å². The Kier molecular flexibility index (Phi) is 11.6. The number of hydrogen-bond donors (Lipinski definition) is 4. The number of benzene rings is 3. The molecule has 0 aliphatic heterocycles. The molecule has 1 aliphatic carbocycles. The van der Waals surface area contributed by atoms with Crippen LogP contribution in [-0.2, 0) is 14.3 Å². The number of carbonyl (C=O) groups excluding carboxylic acids is 4. The van der Waals surface area contributed by atoms with E-state index in [-0.39, 0.29) is 18.4 Å². The number of imide groups is 1. The number of anilines is 1. The van der Waals surface area contributed by atoms with Crippen molar-refractivity contribution in [2.75, 3.05) is 17.3 Å². The lowest BCUT2D eigenvalue weighted by atomic mass is 9.94. The van der Waals surface area contributed by atoms with Crippen molar-refractivity contribution >= 4 is 52.0 Å². The van der Waals surface area contributed by atoms with Crippen LogP contribution in [0.1, 0.15) is 50.4 Å². The number of carbonyl (C=O) groups is 4. The van der Waals surface area contributed by atoms with Gasteiger partial charge >= 0.3 is 6.09 Å². The van der Waals surface area contributed by atoms with E-state index in [1.165, 1.54) is 17.8 Å². The Bertz CT molecular complexity index is 1660. The van der Waals surface area contributed by atoms with E-state index >= 15 is 0 Å². The zero-order valence-electron chi connectivity index (χ0n) is 27.1. The Morgan fingerprint density at radius 3 is 2.32 bits per heavy atom. The molecule has 10 nitrogen and oxygen atoms in total. The quantitative estimate of drug-likeness (QED) is 0.200. The van der Waals surface area contributed by atoms with Crippen LogP contribution < -0.4 is 16.4 Å². The maximum absolute atomic E-state index is 14.3. The Balaban J connectivity index is 1.68. The van der Waals surface area contributed by atoms with Crippen molar-refractivity contribution in [3.05, 3.63) is 102 Å². The molecule has 0 radical (unpaired) electrons. The van der Waals surface area contributed by atoms with Gasteiger partial charge in [-0.05, 0) is 85.9 Å². The molecule has 0 saturated carbocycles. The van der Waals surface area contributed by atoms with Crippen LogP contribution in [0.5, 0.6) is 0 Å². The average Bonchev–Trinajstić information content (AvgIpc) is 3.02. The highest BCUT2D eigenvalue weighted by Gasteiger charge is 2.40. The summed E-state index contributed by atoms with van der Waals surface area (Å²) in [6, 6.07) is 19.0. The Labute approximate surface area is 279 Å². The number of nitrogens with zero attached hydrogens (tertiary/aromatic N) is 1. The summed E-state index contributed by atoms with van der Waals surface area (Å²) in [4.78, 5) is 56.4. The van der Waals surface area contributed by atoms with Crippen LogP contribution in [0.15, 0.2) is 96.6 Å². The first kappa shape index (κ1) is 35.4. The fourth-order valence-electron chi connectivity index (χ4n) is 5.01. The molecule has 3 aromatic carbocycles. The topological polar surface area (TPSA) is 151 Å². The molecule has 248 valence electrons. The Morgan fingerprint density at radius 2 is 1.68 bits per heavy atom. The number of hydrogen-bond acceptors (Lipinski definition) is 8. The minimum absolute atomic E-state index is 0.0662. The summed E-state index contributed by atoms with van der Waals surface area (Å²) in [5.41, 5.74) is 4.60. The molecule has 0 bridgehead atoms. The van der Waals surface area contributed by atoms with Gasteiger partial charge in [0, 0.05) is 24.1 Å². The molecule has 0 aromatic heterocycles. The number of rotatable bonds is 11. The van der Waals surface area contributed by atoms with Crippen LogP contribution in [-0.4, -0.2) is 69.2 Å². The van der Waals surface area contributed by atoms with Crippen molar-refractivity contribution in [1.82, 2.24) is 10.2 Å². The van der Waals surface area contributed by atoms with Crippen molar-refractivity contribution in [2.45, 2.75) is 63.4 Å². The molecule has 0 saturated heterocycles. The smallest absolute Gasteiger partial charge is 0.418 e. The van der Waals surface area contributed by atoms with Gasteiger partial charge in [0.15, 0.2) is 0 Å². The fourth-order valence-corrected chi connectivity index (χ4v) is 5.48. The van der Waals surface area contributed by atoms with E-state index in [2.05, 4.69) is 10.6 Å². The first-order valence-electron chi connectivity index (χ1n) is 15.4. The number of nitrogens with two attached hydrogens (primary N) is 1. The van der Waals surface area contributed by atoms with E-state index in [1.807, 2.05) is 42.7 Å². The van der Waals surface area contributed by atoms with Gasteiger partial charge in [-0.25, -0.2) is 9.69 Å². The zero-order valence-corrected chi connectivity index (χ0v) is 27.9. The second kappa shape index (κ2) is 15.4. The molecular weight excluding hydrogens is 616 g/mol. The molecule has 4 rings (SSSR count). The van der Waals surface area contributed by atoms with E-state index in [1.54, 1.807) is 69.3 Å². The van der Waals surface area contributed by atoms with Gasteiger partial charge in [0.1, 0.15) is 23.4 Å². The largest absolute Gasteiger partial charge is 0.443 e. The molecule has 1 unspecified atom stereocenters. The van der Waals surface area contributed by atoms with Crippen molar-refractivity contribution in [3.8, 4) is 0 Å². The molecule has 3 atom stereocenters. The second-order valence-electron chi connectivity index (χ2n) is 12.4. The summed E-state index contributed by atoms with van der Waals surface area (Å²) >= 11 is 1.52. The maximum atomic E-state index is 14.3. The van der Waals surface area contributed by atoms with Crippen LogP contribution >= 0.6 is 11.8 Å². The van der Waals surface area contributed by atoms with Crippen LogP contribution in [0.3, 0.4) is 0 Å². The molecule has 11 heteroatoms. The monoisotopic (exact) mass is 658 g/mol. The third kappa shape index (κ3) is 10.0. The number of amides is 4. The zero-order chi connectivity index (χ0) is 34.2. The highest BCUT2D eigenvalue weighted by Crippen LogP contribution is 2.25. The number of ether oxygens (including phenoxy) is 1. The fraction of sp³-hybridized carbons (Fsp3) is 0.333. The SMILES string of the molecule is CSCC[C@H](NC(=O)[C@H](CC1=CCC(N)(O)C=C1)N(C(=O)OC(C)(C)C)C(=O)c1ccccc1)C(=O)Nc1ccc2ccccc2c1. The average molecular weight is 659 g/mol. The third-order valence-corrected chi connectivity index (χ3v) is 8.05. The normalized spacial score (nSPS) is 17.3. The summed E-state index contributed by atoms with van der Waals surface area (Å²) < 4.78 is 5.63. The molecule has 4 amide bonds. The summed E-state index contributed by atoms with van der Waals surface area (Å²) in [5, 5.41) is 17.9. The van der Waals surface area contributed by atoms with E-state index in [0.29, 0.717) is 23.4 Å². The van der Waals surface area contributed by atoms with E-state index < -0.39 is 47.2 Å². The van der Waals surface area contributed by atoms with Crippen molar-refractivity contribution in [2.24, 2.45) is 5.73 Å². The van der Waals surface area contributed by atoms with Gasteiger partial charge in [-0.15, -0.1) is 0 Å². The van der Waals surface area contributed by atoms with Gasteiger partial charge in [0.2, 0.25) is 11.8 Å². The van der Waals surface area contributed by atoms with E-state index in [9.17, 15) is 24.3 Å². The van der Waals surface area contributed by atoms with Gasteiger partial charge in [0.05, 0.1) is 0 Å². The molecule has 5 N–H and O–H groups in total. The second-order valence-corrected chi connectivity index (χ2v) is 13.4. The highest BCUT2D eigenvalue weighted by atomic mass is 32.2. The number of thioether (sulfide) groups is 1. The highest BCUT2D eigenvalue weighted by molar-refractivity contribution is 7.98. The van der Waals surface area contributed by atoms with E-state index in [0.717, 1.165) is 15.7 Å². The van der Waals surface area contributed by atoms with Gasteiger partial charge in [0.25, 0.3) is 5.91 Å². The standard InChI is InChI=1S/C36H42N4O6S/c1-35(2,3)46-34(44)40(33(43)26-11-6-5-7-12-26)30(22-24-16-19-36(37,45)20-17-24)32(42)39-29(18-21-47-4)31(41)38-28-15-14-25-10-8-9-13-27(25)23-28/h5-17,19,23,29-30,45H,18,20-22,37H2,1-4H3,(H,38,41)(H,39,42)/t29-,30-,36?/m0/s1. The lowest BCUT2D eigenvalue weighted by molar-refractivity contribution is -0.129. The molecule has 1 aliphatic rings. The Morgan fingerprint density at radius 1 is 1.00 bits per heavy atom.